The van der Waals surface area contributed by atoms with E-state index in [1.807, 2.05) is 6.07 Å². The Hall–Kier alpha value is -3.41. The number of hydrogen-bond donors (Lipinski definition) is 3. The molecular formula is C19H18N4O4. The van der Waals surface area contributed by atoms with Gasteiger partial charge >= 0.3 is 0 Å². The molecule has 0 saturated carbocycles. The smallest absolute Gasteiger partial charge is 0.259 e. The third kappa shape index (κ3) is 4.06. The van der Waals surface area contributed by atoms with E-state index in [9.17, 15) is 14.7 Å². The summed E-state index contributed by atoms with van der Waals surface area (Å²) < 4.78 is 5.35. The van der Waals surface area contributed by atoms with Crippen molar-refractivity contribution in [2.75, 3.05) is 29.1 Å². The van der Waals surface area contributed by atoms with E-state index in [1.165, 1.54) is 29.2 Å². The molecule has 2 aromatic rings. The SMILES string of the molecule is N#Cc1ccc(NC(=O)[C@H](O)[C@H]2OCCN(c3ccc(N)cc3)C2=O)cc1. The van der Waals surface area contributed by atoms with Gasteiger partial charge in [0.2, 0.25) is 0 Å². The molecule has 1 saturated heterocycles. The van der Waals surface area contributed by atoms with Crippen LogP contribution in [0.2, 0.25) is 0 Å². The highest BCUT2D eigenvalue weighted by Gasteiger charge is 2.39. The second kappa shape index (κ2) is 7.86. The van der Waals surface area contributed by atoms with Crippen molar-refractivity contribution in [1.29, 1.82) is 5.26 Å². The standard InChI is InChI=1S/C19H18N4O4/c20-11-12-1-5-14(6-2-12)22-18(25)16(24)17-19(26)23(9-10-27-17)15-7-3-13(21)4-8-15/h1-8,16-17,24H,9-10,21H2,(H,22,25)/t16-,17-/m1/s1. The van der Waals surface area contributed by atoms with Crippen LogP contribution in [0.5, 0.6) is 0 Å². The van der Waals surface area contributed by atoms with Crippen LogP contribution >= 0.6 is 0 Å². The minimum absolute atomic E-state index is 0.183. The van der Waals surface area contributed by atoms with E-state index < -0.39 is 24.0 Å². The fourth-order valence-corrected chi connectivity index (χ4v) is 2.72. The van der Waals surface area contributed by atoms with Gasteiger partial charge in [0.15, 0.2) is 12.2 Å². The molecule has 1 aliphatic rings. The first-order valence-corrected chi connectivity index (χ1v) is 8.27. The number of aliphatic hydroxyl groups excluding tert-OH is 1. The maximum Gasteiger partial charge on any atom is 0.259 e. The number of rotatable bonds is 4. The summed E-state index contributed by atoms with van der Waals surface area (Å²) in [6.07, 6.45) is -2.99. The first-order chi connectivity index (χ1) is 13.0. The number of nitrogen functional groups attached to an aromatic ring is 1. The molecule has 3 rings (SSSR count). The van der Waals surface area contributed by atoms with Crippen molar-refractivity contribution in [2.45, 2.75) is 12.2 Å². The van der Waals surface area contributed by atoms with Crippen molar-refractivity contribution in [2.24, 2.45) is 0 Å². The quantitative estimate of drug-likeness (QED) is 0.689. The third-order valence-corrected chi connectivity index (χ3v) is 4.16. The number of hydrogen-bond acceptors (Lipinski definition) is 6. The first kappa shape index (κ1) is 18.4. The van der Waals surface area contributed by atoms with Crippen LogP contribution in [0.15, 0.2) is 48.5 Å². The van der Waals surface area contributed by atoms with Gasteiger partial charge in [-0.15, -0.1) is 0 Å². The number of ether oxygens (including phenoxy) is 1. The van der Waals surface area contributed by atoms with Gasteiger partial charge in [0, 0.05) is 23.6 Å². The minimum Gasteiger partial charge on any atom is -0.399 e. The Labute approximate surface area is 155 Å². The molecule has 2 atom stereocenters. The van der Waals surface area contributed by atoms with Crippen molar-refractivity contribution in [3.8, 4) is 6.07 Å². The number of amides is 2. The van der Waals surface area contributed by atoms with E-state index >= 15 is 0 Å². The molecule has 0 bridgehead atoms. The molecule has 1 fully saturated rings. The van der Waals surface area contributed by atoms with E-state index in [0.717, 1.165) is 0 Å². The molecule has 2 aromatic carbocycles. The van der Waals surface area contributed by atoms with Crippen LogP contribution in [-0.4, -0.2) is 42.3 Å². The molecule has 4 N–H and O–H groups in total. The number of nitrogens with one attached hydrogen (secondary N) is 1. The summed E-state index contributed by atoms with van der Waals surface area (Å²) in [7, 11) is 0. The van der Waals surface area contributed by atoms with E-state index in [1.54, 1.807) is 24.3 Å². The summed E-state index contributed by atoms with van der Waals surface area (Å²) in [5, 5.41) is 21.6. The highest BCUT2D eigenvalue weighted by Crippen LogP contribution is 2.22. The number of carbonyl (C=O) groups excluding carboxylic acids is 2. The third-order valence-electron chi connectivity index (χ3n) is 4.16. The van der Waals surface area contributed by atoms with Gasteiger partial charge in [0.25, 0.3) is 11.8 Å². The van der Waals surface area contributed by atoms with Crippen molar-refractivity contribution in [3.63, 3.8) is 0 Å². The lowest BCUT2D eigenvalue weighted by Gasteiger charge is -2.34. The van der Waals surface area contributed by atoms with Gasteiger partial charge < -0.3 is 25.8 Å². The summed E-state index contributed by atoms with van der Waals surface area (Å²) >= 11 is 0. The highest BCUT2D eigenvalue weighted by molar-refractivity contribution is 6.03. The zero-order valence-corrected chi connectivity index (χ0v) is 14.3. The van der Waals surface area contributed by atoms with Crippen molar-refractivity contribution < 1.29 is 19.4 Å². The summed E-state index contributed by atoms with van der Waals surface area (Å²) in [6, 6.07) is 14.8. The molecular weight excluding hydrogens is 348 g/mol. The van der Waals surface area contributed by atoms with Crippen LogP contribution in [0.3, 0.4) is 0 Å². The number of morpholine rings is 1. The van der Waals surface area contributed by atoms with Crippen LogP contribution in [0.4, 0.5) is 17.1 Å². The first-order valence-electron chi connectivity index (χ1n) is 8.27. The second-order valence-corrected chi connectivity index (χ2v) is 6.00. The van der Waals surface area contributed by atoms with Crippen molar-refractivity contribution in [1.82, 2.24) is 0 Å². The maximum atomic E-state index is 12.7. The van der Waals surface area contributed by atoms with Crippen LogP contribution in [0.25, 0.3) is 0 Å². The van der Waals surface area contributed by atoms with Gasteiger partial charge in [-0.25, -0.2) is 0 Å². The molecule has 1 heterocycles. The van der Waals surface area contributed by atoms with Crippen LogP contribution < -0.4 is 16.0 Å². The van der Waals surface area contributed by atoms with Gasteiger partial charge in [-0.2, -0.15) is 5.26 Å². The lowest BCUT2D eigenvalue weighted by atomic mass is 10.1. The lowest BCUT2D eigenvalue weighted by Crippen LogP contribution is -2.55. The highest BCUT2D eigenvalue weighted by atomic mass is 16.5. The predicted octanol–water partition coefficient (Wildman–Crippen LogP) is 0.872. The Balaban J connectivity index is 1.70. The molecule has 27 heavy (non-hydrogen) atoms. The Morgan fingerprint density at radius 3 is 2.56 bits per heavy atom. The number of nitriles is 1. The molecule has 8 heteroatoms. The predicted molar refractivity (Wildman–Crippen MR) is 98.7 cm³/mol. The normalized spacial score (nSPS) is 17.9. The Kier molecular flexibility index (Phi) is 5.35. The molecule has 138 valence electrons. The zero-order chi connectivity index (χ0) is 19.4. The molecule has 0 spiro atoms. The van der Waals surface area contributed by atoms with Gasteiger partial charge in [-0.3, -0.25) is 9.59 Å². The Morgan fingerprint density at radius 1 is 1.26 bits per heavy atom. The van der Waals surface area contributed by atoms with E-state index in [-0.39, 0.29) is 6.61 Å². The fourth-order valence-electron chi connectivity index (χ4n) is 2.72. The average Bonchev–Trinajstić information content (AvgIpc) is 2.69. The summed E-state index contributed by atoms with van der Waals surface area (Å²) in [4.78, 5) is 26.4. The molecule has 0 radical (unpaired) electrons. The summed E-state index contributed by atoms with van der Waals surface area (Å²) in [6.45, 7) is 0.491. The monoisotopic (exact) mass is 366 g/mol. The molecule has 2 amide bonds. The molecule has 0 unspecified atom stereocenters. The molecule has 0 aromatic heterocycles. The minimum atomic E-state index is -1.68. The van der Waals surface area contributed by atoms with Gasteiger partial charge in [0.1, 0.15) is 0 Å². The fraction of sp³-hybridized carbons (Fsp3) is 0.211. The number of aliphatic hydroxyl groups is 1. The number of benzene rings is 2. The van der Waals surface area contributed by atoms with Crippen LogP contribution in [-0.2, 0) is 14.3 Å². The Bertz CT molecular complexity index is 874. The van der Waals surface area contributed by atoms with Gasteiger partial charge in [-0.1, -0.05) is 0 Å². The van der Waals surface area contributed by atoms with E-state index in [4.69, 9.17) is 15.7 Å². The largest absolute Gasteiger partial charge is 0.399 e. The number of anilines is 3. The van der Waals surface area contributed by atoms with Crippen LogP contribution in [0.1, 0.15) is 5.56 Å². The van der Waals surface area contributed by atoms with Gasteiger partial charge in [-0.05, 0) is 48.5 Å². The average molecular weight is 366 g/mol. The molecule has 0 aliphatic carbocycles. The zero-order valence-electron chi connectivity index (χ0n) is 14.3. The molecule has 1 aliphatic heterocycles. The number of nitrogens with zero attached hydrogens (tertiary/aromatic N) is 2. The van der Waals surface area contributed by atoms with E-state index in [0.29, 0.717) is 29.2 Å². The number of carbonyl (C=O) groups is 2. The lowest BCUT2D eigenvalue weighted by molar-refractivity contribution is -0.150. The van der Waals surface area contributed by atoms with Crippen LogP contribution in [0, 0.1) is 11.3 Å². The summed E-state index contributed by atoms with van der Waals surface area (Å²) in [5.41, 5.74) is 7.68. The van der Waals surface area contributed by atoms with Crippen molar-refractivity contribution >= 4 is 28.9 Å². The van der Waals surface area contributed by atoms with Crippen molar-refractivity contribution in [3.05, 3.63) is 54.1 Å². The number of nitrogens with two attached hydrogens (primary N) is 1. The topological polar surface area (TPSA) is 129 Å². The summed E-state index contributed by atoms with van der Waals surface area (Å²) in [5.74, 6) is -1.27. The molecule has 8 nitrogen and oxygen atoms in total. The van der Waals surface area contributed by atoms with Gasteiger partial charge in [0.05, 0.1) is 18.2 Å². The van der Waals surface area contributed by atoms with E-state index in [2.05, 4.69) is 5.32 Å². The Morgan fingerprint density at radius 2 is 1.93 bits per heavy atom. The maximum absolute atomic E-state index is 12.7. The second-order valence-electron chi connectivity index (χ2n) is 6.00.